The first-order chi connectivity index (χ1) is 12.8. The van der Waals surface area contributed by atoms with Crippen LogP contribution < -0.4 is 4.90 Å². The van der Waals surface area contributed by atoms with E-state index < -0.39 is 14.8 Å². The summed E-state index contributed by atoms with van der Waals surface area (Å²) in [7, 11) is -3.70. The zero-order chi connectivity index (χ0) is 19.2. The molecule has 0 saturated carbocycles. The summed E-state index contributed by atoms with van der Waals surface area (Å²) in [5.74, 6) is 2.25. The molecule has 1 fully saturated rings. The molecule has 2 aliphatic heterocycles. The molecule has 0 amide bonds. The van der Waals surface area contributed by atoms with Crippen molar-refractivity contribution in [1.82, 2.24) is 14.8 Å². The van der Waals surface area contributed by atoms with E-state index in [1.54, 1.807) is 6.07 Å². The number of nitro groups is 1. The summed E-state index contributed by atoms with van der Waals surface area (Å²) < 4.78 is 26.3. The highest BCUT2D eigenvalue weighted by molar-refractivity contribution is 7.90. The van der Waals surface area contributed by atoms with E-state index in [4.69, 9.17) is 0 Å². The highest BCUT2D eigenvalue weighted by Gasteiger charge is 2.30. The smallest absolute Gasteiger partial charge is 0.288 e. The first kappa shape index (κ1) is 17.9. The fourth-order valence-electron chi connectivity index (χ4n) is 4.04. The van der Waals surface area contributed by atoms with Crippen LogP contribution in [0.25, 0.3) is 0 Å². The van der Waals surface area contributed by atoms with Crippen molar-refractivity contribution in [3.8, 4) is 0 Å². The lowest BCUT2D eigenvalue weighted by molar-refractivity contribution is -0.387. The molecule has 0 aliphatic carbocycles. The van der Waals surface area contributed by atoms with Crippen LogP contribution in [0.15, 0.2) is 23.1 Å². The van der Waals surface area contributed by atoms with Crippen molar-refractivity contribution in [1.29, 1.82) is 0 Å². The van der Waals surface area contributed by atoms with Gasteiger partial charge < -0.3 is 9.47 Å². The number of aromatic nitrogens is 3. The average molecular weight is 391 g/mol. The Morgan fingerprint density at radius 1 is 1.22 bits per heavy atom. The second kappa shape index (κ2) is 6.59. The summed E-state index contributed by atoms with van der Waals surface area (Å²) in [4.78, 5) is 12.4. The van der Waals surface area contributed by atoms with Gasteiger partial charge in [-0.05, 0) is 31.4 Å². The lowest BCUT2D eigenvalue weighted by Crippen LogP contribution is -2.35. The molecule has 1 saturated heterocycles. The number of benzene rings is 1. The summed E-state index contributed by atoms with van der Waals surface area (Å²) in [5.41, 5.74) is 0.303. The zero-order valence-corrected chi connectivity index (χ0v) is 15.9. The number of hydrogen-bond acceptors (Lipinski definition) is 7. The Balaban J connectivity index is 1.64. The SMILES string of the molecule is CS(=O)(=O)c1cc(N2CCCC(c3nnc4n3CCC4)C2)ccc1[N+](=O)[O-]. The highest BCUT2D eigenvalue weighted by atomic mass is 32.2. The van der Waals surface area contributed by atoms with Gasteiger partial charge in [0.1, 0.15) is 16.5 Å². The van der Waals surface area contributed by atoms with Crippen LogP contribution in [0.3, 0.4) is 0 Å². The molecule has 0 bridgehead atoms. The van der Waals surface area contributed by atoms with E-state index in [9.17, 15) is 18.5 Å². The number of sulfone groups is 1. The minimum atomic E-state index is -3.70. The Kier molecular flexibility index (Phi) is 4.37. The highest BCUT2D eigenvalue weighted by Crippen LogP contribution is 2.34. The van der Waals surface area contributed by atoms with Gasteiger partial charge >= 0.3 is 0 Å². The number of nitro benzene ring substituents is 1. The van der Waals surface area contributed by atoms with Crippen LogP contribution in [0, 0.1) is 10.1 Å². The molecular formula is C17H21N5O4S. The number of aryl methyl sites for hydroxylation is 1. The number of anilines is 1. The largest absolute Gasteiger partial charge is 0.371 e. The molecular weight excluding hydrogens is 370 g/mol. The molecule has 1 aromatic carbocycles. The van der Waals surface area contributed by atoms with Gasteiger partial charge in [0.2, 0.25) is 0 Å². The van der Waals surface area contributed by atoms with E-state index in [0.717, 1.165) is 56.7 Å². The normalized spacial score (nSPS) is 19.9. The fraction of sp³-hybridized carbons (Fsp3) is 0.529. The van der Waals surface area contributed by atoms with Gasteiger partial charge in [-0.2, -0.15) is 0 Å². The summed E-state index contributed by atoms with van der Waals surface area (Å²) in [6.07, 6.45) is 4.99. The standard InChI is InChI=1S/C17H21N5O4S/c1-27(25,26)15-10-13(6-7-14(15)22(23)24)20-8-2-4-12(11-20)17-19-18-16-5-3-9-21(16)17/h6-7,10,12H,2-5,8-9,11H2,1H3. The third-order valence-electron chi connectivity index (χ3n) is 5.33. The maximum absolute atomic E-state index is 12.0. The number of nitrogens with zero attached hydrogens (tertiary/aromatic N) is 5. The first-order valence-electron chi connectivity index (χ1n) is 9.00. The molecule has 1 unspecified atom stereocenters. The maximum atomic E-state index is 12.0. The Morgan fingerprint density at radius 2 is 2.04 bits per heavy atom. The Bertz CT molecular complexity index is 1000. The van der Waals surface area contributed by atoms with E-state index in [1.807, 2.05) is 0 Å². The van der Waals surface area contributed by atoms with Crippen LogP contribution in [0.4, 0.5) is 11.4 Å². The molecule has 9 nitrogen and oxygen atoms in total. The third kappa shape index (κ3) is 3.29. The number of hydrogen-bond donors (Lipinski definition) is 0. The molecule has 10 heteroatoms. The van der Waals surface area contributed by atoms with E-state index in [1.165, 1.54) is 12.1 Å². The lowest BCUT2D eigenvalue weighted by atomic mass is 9.96. The maximum Gasteiger partial charge on any atom is 0.288 e. The Morgan fingerprint density at radius 3 is 2.78 bits per heavy atom. The molecule has 1 aromatic heterocycles. The van der Waals surface area contributed by atoms with Crippen molar-refractivity contribution >= 4 is 21.2 Å². The summed E-state index contributed by atoms with van der Waals surface area (Å²) >= 11 is 0. The second-order valence-electron chi connectivity index (χ2n) is 7.20. The minimum absolute atomic E-state index is 0.218. The van der Waals surface area contributed by atoms with Gasteiger partial charge in [-0.3, -0.25) is 10.1 Å². The predicted molar refractivity (Wildman–Crippen MR) is 98.7 cm³/mol. The van der Waals surface area contributed by atoms with Gasteiger partial charge in [0.15, 0.2) is 9.84 Å². The van der Waals surface area contributed by atoms with E-state index in [0.29, 0.717) is 12.2 Å². The van der Waals surface area contributed by atoms with Gasteiger partial charge in [-0.1, -0.05) is 0 Å². The fourth-order valence-corrected chi connectivity index (χ4v) is 4.90. The molecule has 0 N–H and O–H groups in total. The first-order valence-corrected chi connectivity index (χ1v) is 10.9. The van der Waals surface area contributed by atoms with Crippen LogP contribution in [-0.4, -0.2) is 47.5 Å². The van der Waals surface area contributed by atoms with Crippen molar-refractivity contribution < 1.29 is 13.3 Å². The minimum Gasteiger partial charge on any atom is -0.371 e. The molecule has 144 valence electrons. The van der Waals surface area contributed by atoms with E-state index >= 15 is 0 Å². The van der Waals surface area contributed by atoms with Crippen molar-refractivity contribution in [2.45, 2.75) is 43.0 Å². The second-order valence-corrected chi connectivity index (χ2v) is 9.18. The van der Waals surface area contributed by atoms with Gasteiger partial charge in [0.05, 0.1) is 4.92 Å². The van der Waals surface area contributed by atoms with Crippen molar-refractivity contribution in [3.05, 3.63) is 40.0 Å². The predicted octanol–water partition coefficient (Wildman–Crippen LogP) is 1.92. The van der Waals surface area contributed by atoms with Crippen LogP contribution in [0.1, 0.15) is 36.8 Å². The van der Waals surface area contributed by atoms with Crippen molar-refractivity contribution in [3.63, 3.8) is 0 Å². The number of rotatable bonds is 4. The molecule has 2 aromatic rings. The van der Waals surface area contributed by atoms with Gasteiger partial charge in [0, 0.05) is 50.0 Å². The van der Waals surface area contributed by atoms with Crippen LogP contribution in [-0.2, 0) is 22.8 Å². The molecule has 3 heterocycles. The van der Waals surface area contributed by atoms with Gasteiger partial charge in [0.25, 0.3) is 5.69 Å². The summed E-state index contributed by atoms with van der Waals surface area (Å²) in [6, 6.07) is 4.33. The summed E-state index contributed by atoms with van der Waals surface area (Å²) in [5, 5.41) is 19.9. The number of fused-ring (bicyclic) bond motifs is 1. The molecule has 4 rings (SSSR count). The number of piperidine rings is 1. The molecule has 0 spiro atoms. The van der Waals surface area contributed by atoms with Gasteiger partial charge in [-0.25, -0.2) is 8.42 Å². The Labute approximate surface area is 157 Å². The third-order valence-corrected chi connectivity index (χ3v) is 6.46. The molecule has 27 heavy (non-hydrogen) atoms. The Hall–Kier alpha value is -2.49. The molecule has 0 radical (unpaired) electrons. The quantitative estimate of drug-likeness (QED) is 0.578. The van der Waals surface area contributed by atoms with Crippen LogP contribution >= 0.6 is 0 Å². The van der Waals surface area contributed by atoms with Crippen LogP contribution in [0.2, 0.25) is 0 Å². The lowest BCUT2D eigenvalue weighted by Gasteiger charge is -2.34. The molecule has 1 atom stereocenters. The van der Waals surface area contributed by atoms with E-state index in [-0.39, 0.29) is 16.5 Å². The zero-order valence-electron chi connectivity index (χ0n) is 15.0. The average Bonchev–Trinajstić information content (AvgIpc) is 3.24. The summed E-state index contributed by atoms with van der Waals surface area (Å²) in [6.45, 7) is 2.42. The monoisotopic (exact) mass is 391 g/mol. The van der Waals surface area contributed by atoms with E-state index in [2.05, 4.69) is 19.7 Å². The van der Waals surface area contributed by atoms with Gasteiger partial charge in [-0.15, -0.1) is 10.2 Å². The van der Waals surface area contributed by atoms with Crippen molar-refractivity contribution in [2.75, 3.05) is 24.2 Å². The van der Waals surface area contributed by atoms with Crippen LogP contribution in [0.5, 0.6) is 0 Å². The van der Waals surface area contributed by atoms with Crippen molar-refractivity contribution in [2.24, 2.45) is 0 Å². The topological polar surface area (TPSA) is 111 Å². The molecule has 2 aliphatic rings.